The van der Waals surface area contributed by atoms with Crippen LogP contribution in [0.25, 0.3) is 11.1 Å². The number of hydrogen-bond donors (Lipinski definition) is 0. The number of nitrogens with zero attached hydrogens (tertiary/aromatic N) is 1. The number of furan rings is 1. The van der Waals surface area contributed by atoms with Crippen LogP contribution in [0.3, 0.4) is 0 Å². The summed E-state index contributed by atoms with van der Waals surface area (Å²) in [5.41, 5.74) is 2.02. The van der Waals surface area contributed by atoms with Crippen molar-refractivity contribution in [2.75, 3.05) is 0 Å². The van der Waals surface area contributed by atoms with Crippen LogP contribution in [-0.4, -0.2) is 18.4 Å². The highest BCUT2D eigenvalue weighted by molar-refractivity contribution is 7.86. The number of aryl methyl sites for hydroxylation is 3. The van der Waals surface area contributed by atoms with Crippen LogP contribution in [0.15, 0.2) is 4.42 Å². The molecular formula is C10H9NO5S. The Labute approximate surface area is 97.0 Å². The predicted octanol–water partition coefficient (Wildman–Crippen LogP) is 1.42. The molecule has 6 nitrogen and oxygen atoms in total. The van der Waals surface area contributed by atoms with E-state index in [1.54, 1.807) is 20.8 Å². The van der Waals surface area contributed by atoms with Crippen LogP contribution in [0, 0.1) is 20.8 Å². The molecule has 0 N–H and O–H groups in total. The summed E-state index contributed by atoms with van der Waals surface area (Å²) in [7, 11) is -4.06. The van der Waals surface area contributed by atoms with Crippen molar-refractivity contribution in [1.82, 2.24) is 3.97 Å². The molecule has 0 saturated carbocycles. The molecule has 2 aromatic rings. The Balaban J connectivity index is 2.64. The lowest BCUT2D eigenvalue weighted by atomic mass is 10.2. The van der Waals surface area contributed by atoms with E-state index in [1.807, 2.05) is 0 Å². The molecule has 1 aliphatic heterocycles. The Morgan fingerprint density at radius 1 is 1.12 bits per heavy atom. The van der Waals surface area contributed by atoms with E-state index in [0.29, 0.717) is 28.0 Å². The van der Waals surface area contributed by atoms with Crippen LogP contribution in [0.1, 0.15) is 27.4 Å². The van der Waals surface area contributed by atoms with E-state index >= 15 is 0 Å². The van der Waals surface area contributed by atoms with Crippen molar-refractivity contribution in [3.63, 3.8) is 0 Å². The van der Waals surface area contributed by atoms with Crippen molar-refractivity contribution in [3.05, 3.63) is 22.6 Å². The van der Waals surface area contributed by atoms with Crippen LogP contribution in [0.2, 0.25) is 0 Å². The molecule has 3 heterocycles. The van der Waals surface area contributed by atoms with Crippen molar-refractivity contribution in [2.24, 2.45) is 0 Å². The molecule has 90 valence electrons. The highest BCUT2D eigenvalue weighted by Crippen LogP contribution is 2.36. The fourth-order valence-corrected chi connectivity index (χ4v) is 3.34. The molecule has 0 unspecified atom stereocenters. The molecule has 1 aliphatic rings. The maximum Gasteiger partial charge on any atom is 0.417 e. The van der Waals surface area contributed by atoms with Gasteiger partial charge in [-0.1, -0.05) is 0 Å². The Morgan fingerprint density at radius 2 is 1.76 bits per heavy atom. The number of fused-ring (bicyclic) bond motifs is 3. The highest BCUT2D eigenvalue weighted by Gasteiger charge is 2.41. The van der Waals surface area contributed by atoms with E-state index in [0.717, 1.165) is 3.97 Å². The van der Waals surface area contributed by atoms with E-state index in [1.165, 1.54) is 0 Å². The minimum absolute atomic E-state index is 0.0295. The first-order valence-electron chi connectivity index (χ1n) is 4.95. The van der Waals surface area contributed by atoms with E-state index in [9.17, 15) is 13.2 Å². The molecular weight excluding hydrogens is 246 g/mol. The second-order valence-corrected chi connectivity index (χ2v) is 5.41. The molecule has 3 rings (SSSR count). The monoisotopic (exact) mass is 255 g/mol. The predicted molar refractivity (Wildman–Crippen MR) is 58.1 cm³/mol. The summed E-state index contributed by atoms with van der Waals surface area (Å²) < 4.78 is 34.2. The van der Waals surface area contributed by atoms with Crippen molar-refractivity contribution in [3.8, 4) is 0 Å². The maximum absolute atomic E-state index is 11.7. The summed E-state index contributed by atoms with van der Waals surface area (Å²) in [6, 6.07) is 0. The summed E-state index contributed by atoms with van der Waals surface area (Å²) >= 11 is 0. The third-order valence-corrected chi connectivity index (χ3v) is 4.23. The van der Waals surface area contributed by atoms with Gasteiger partial charge in [-0.3, -0.25) is 0 Å². The van der Waals surface area contributed by atoms with Gasteiger partial charge in [0.15, 0.2) is 11.3 Å². The second-order valence-electron chi connectivity index (χ2n) is 4.03. The third kappa shape index (κ3) is 1.04. The molecule has 2 aromatic heterocycles. The van der Waals surface area contributed by atoms with E-state index < -0.39 is 16.3 Å². The largest absolute Gasteiger partial charge is 0.459 e. The van der Waals surface area contributed by atoms with Crippen molar-refractivity contribution >= 4 is 27.4 Å². The molecule has 0 bridgehead atoms. The van der Waals surface area contributed by atoms with Crippen LogP contribution >= 0.6 is 0 Å². The SMILES string of the molecule is Cc1oc2c(C)c3n(c2c1C)S(=O)(=O)OC3=O. The number of aromatic nitrogens is 1. The Kier molecular flexibility index (Phi) is 1.67. The van der Waals surface area contributed by atoms with Crippen LogP contribution in [0.5, 0.6) is 0 Å². The van der Waals surface area contributed by atoms with Gasteiger partial charge in [0.25, 0.3) is 0 Å². The van der Waals surface area contributed by atoms with Crippen LogP contribution < -0.4 is 0 Å². The smallest absolute Gasteiger partial charge is 0.417 e. The lowest BCUT2D eigenvalue weighted by molar-refractivity contribution is 0.0762. The Bertz CT molecular complexity index is 778. The zero-order valence-electron chi connectivity index (χ0n) is 9.40. The van der Waals surface area contributed by atoms with E-state index in [4.69, 9.17) is 4.42 Å². The first-order chi connectivity index (χ1) is 7.84. The molecule has 0 atom stereocenters. The van der Waals surface area contributed by atoms with Gasteiger partial charge in [0.05, 0.1) is 0 Å². The topological polar surface area (TPSA) is 78.5 Å². The standard InChI is InChI=1S/C10H9NO5S/c1-4-6(3)15-9-5(2)8-10(12)16-17(13,14)11(8)7(4)9/h1-3H3. The minimum atomic E-state index is -4.06. The second kappa shape index (κ2) is 2.73. The van der Waals surface area contributed by atoms with E-state index in [-0.39, 0.29) is 5.69 Å². The van der Waals surface area contributed by atoms with Gasteiger partial charge in [-0.05, 0) is 20.8 Å². The van der Waals surface area contributed by atoms with Gasteiger partial charge in [-0.15, -0.1) is 0 Å². The van der Waals surface area contributed by atoms with Gasteiger partial charge < -0.3 is 8.60 Å². The average Bonchev–Trinajstić information content (AvgIpc) is 2.73. The summed E-state index contributed by atoms with van der Waals surface area (Å²) in [5.74, 6) is -0.228. The van der Waals surface area contributed by atoms with Gasteiger partial charge >= 0.3 is 16.3 Å². The van der Waals surface area contributed by atoms with Crippen LogP contribution in [-0.2, 0) is 14.5 Å². The third-order valence-electron chi connectivity index (χ3n) is 3.05. The first kappa shape index (κ1) is 10.4. The van der Waals surface area contributed by atoms with Crippen molar-refractivity contribution in [2.45, 2.75) is 20.8 Å². The van der Waals surface area contributed by atoms with E-state index in [2.05, 4.69) is 4.18 Å². The van der Waals surface area contributed by atoms with Crippen LogP contribution in [0.4, 0.5) is 0 Å². The number of rotatable bonds is 0. The average molecular weight is 255 g/mol. The van der Waals surface area contributed by atoms with Gasteiger partial charge in [0.1, 0.15) is 11.3 Å². The number of carbonyl (C=O) groups excluding carboxylic acids is 1. The fraction of sp³-hybridized carbons (Fsp3) is 0.300. The summed E-state index contributed by atoms with van der Waals surface area (Å²) in [5, 5.41) is 0. The Morgan fingerprint density at radius 3 is 2.41 bits per heavy atom. The fourth-order valence-electron chi connectivity index (χ4n) is 2.12. The molecule has 0 radical (unpaired) electrons. The first-order valence-corrected chi connectivity index (χ1v) is 6.31. The zero-order chi connectivity index (χ0) is 12.5. The molecule has 17 heavy (non-hydrogen) atoms. The lowest BCUT2D eigenvalue weighted by Gasteiger charge is -1.96. The quantitative estimate of drug-likeness (QED) is 0.711. The molecule has 0 spiro atoms. The van der Waals surface area contributed by atoms with Crippen molar-refractivity contribution in [1.29, 1.82) is 0 Å². The highest BCUT2D eigenvalue weighted by atomic mass is 32.2. The Hall–Kier alpha value is -1.76. The van der Waals surface area contributed by atoms with Gasteiger partial charge in [-0.2, -0.15) is 12.4 Å². The number of hydrogen-bond acceptors (Lipinski definition) is 5. The van der Waals surface area contributed by atoms with Gasteiger partial charge in [0, 0.05) is 11.1 Å². The number of carbonyl (C=O) groups is 1. The maximum atomic E-state index is 11.7. The molecule has 7 heteroatoms. The molecule has 0 aromatic carbocycles. The normalized spacial score (nSPS) is 17.5. The van der Waals surface area contributed by atoms with Gasteiger partial charge in [0.2, 0.25) is 0 Å². The molecule has 0 amide bonds. The molecule has 0 saturated heterocycles. The minimum Gasteiger partial charge on any atom is -0.459 e. The zero-order valence-corrected chi connectivity index (χ0v) is 10.2. The van der Waals surface area contributed by atoms with Crippen molar-refractivity contribution < 1.29 is 21.8 Å². The van der Waals surface area contributed by atoms with Gasteiger partial charge in [-0.25, -0.2) is 4.79 Å². The summed E-state index contributed by atoms with van der Waals surface area (Å²) in [6.45, 7) is 5.12. The lowest BCUT2D eigenvalue weighted by Crippen LogP contribution is -2.08. The summed E-state index contributed by atoms with van der Waals surface area (Å²) in [6.07, 6.45) is 0. The molecule has 0 fully saturated rings. The summed E-state index contributed by atoms with van der Waals surface area (Å²) in [4.78, 5) is 11.5. The molecule has 0 aliphatic carbocycles.